The molecule has 1 heterocycles. The summed E-state index contributed by atoms with van der Waals surface area (Å²) >= 11 is 0. The van der Waals surface area contributed by atoms with E-state index in [2.05, 4.69) is 33.0 Å². The molecule has 19 heavy (non-hydrogen) atoms. The second-order valence-corrected chi connectivity index (χ2v) is 7.06. The van der Waals surface area contributed by atoms with Crippen molar-refractivity contribution in [3.63, 3.8) is 0 Å². The van der Waals surface area contributed by atoms with Crippen LogP contribution in [0.4, 0.5) is 4.79 Å². The number of nitrogens with zero attached hydrogens (tertiary/aromatic N) is 1. The lowest BCUT2D eigenvalue weighted by molar-refractivity contribution is 0.127. The lowest BCUT2D eigenvalue weighted by Gasteiger charge is -2.33. The van der Waals surface area contributed by atoms with E-state index in [-0.39, 0.29) is 24.0 Å². The number of piperidine rings is 1. The van der Waals surface area contributed by atoms with Crippen LogP contribution in [0.15, 0.2) is 0 Å². The maximum atomic E-state index is 12.1. The predicted molar refractivity (Wildman–Crippen MR) is 78.0 cm³/mol. The highest BCUT2D eigenvalue weighted by Crippen LogP contribution is 2.24. The van der Waals surface area contributed by atoms with Crippen LogP contribution in [-0.2, 0) is 0 Å². The number of carbonyl (C=O) groups is 1. The van der Waals surface area contributed by atoms with E-state index in [0.717, 1.165) is 25.8 Å². The Bertz CT molecular complexity index is 290. The number of hydrogen-bond donors (Lipinski definition) is 2. The zero-order chi connectivity index (χ0) is 14.5. The number of likely N-dealkylation sites (tertiary alicyclic amines) is 1. The van der Waals surface area contributed by atoms with Gasteiger partial charge < -0.3 is 15.3 Å². The molecule has 4 heteroatoms. The van der Waals surface area contributed by atoms with Gasteiger partial charge in [-0.2, -0.15) is 0 Å². The molecular weight excluding hydrogens is 240 g/mol. The minimum Gasteiger partial charge on any atom is -0.396 e. The Hall–Kier alpha value is -0.770. The van der Waals surface area contributed by atoms with Gasteiger partial charge in [-0.25, -0.2) is 4.79 Å². The van der Waals surface area contributed by atoms with E-state index in [0.29, 0.717) is 19.0 Å². The first-order chi connectivity index (χ1) is 8.84. The van der Waals surface area contributed by atoms with E-state index in [9.17, 15) is 9.90 Å². The van der Waals surface area contributed by atoms with Crippen molar-refractivity contribution in [2.75, 3.05) is 26.2 Å². The van der Waals surface area contributed by atoms with Crippen molar-refractivity contribution >= 4 is 6.03 Å². The first kappa shape index (κ1) is 16.3. The molecule has 0 aromatic heterocycles. The number of aliphatic hydroxyl groups is 1. The smallest absolute Gasteiger partial charge is 0.317 e. The maximum absolute atomic E-state index is 12.1. The van der Waals surface area contributed by atoms with Crippen LogP contribution in [0, 0.1) is 17.3 Å². The Morgan fingerprint density at radius 1 is 1.47 bits per heavy atom. The fourth-order valence-electron chi connectivity index (χ4n) is 3.00. The summed E-state index contributed by atoms with van der Waals surface area (Å²) in [5.74, 6) is 0.892. The van der Waals surface area contributed by atoms with E-state index in [4.69, 9.17) is 0 Å². The first-order valence-corrected chi connectivity index (χ1v) is 7.47. The van der Waals surface area contributed by atoms with Gasteiger partial charge in [0.05, 0.1) is 0 Å². The van der Waals surface area contributed by atoms with Crippen LogP contribution >= 0.6 is 0 Å². The van der Waals surface area contributed by atoms with E-state index in [1.165, 1.54) is 0 Å². The van der Waals surface area contributed by atoms with E-state index >= 15 is 0 Å². The third-order valence-corrected chi connectivity index (χ3v) is 3.74. The van der Waals surface area contributed by atoms with Crippen molar-refractivity contribution in [3.8, 4) is 0 Å². The Balaban J connectivity index is 2.38. The predicted octanol–water partition coefficient (Wildman–Crippen LogP) is 2.47. The second-order valence-electron chi connectivity index (χ2n) is 7.06. The molecule has 1 aliphatic rings. The third-order valence-electron chi connectivity index (χ3n) is 3.74. The summed E-state index contributed by atoms with van der Waals surface area (Å²) in [6.07, 6.45) is 3.12. The molecule has 0 aromatic carbocycles. The average molecular weight is 270 g/mol. The van der Waals surface area contributed by atoms with Crippen molar-refractivity contribution in [3.05, 3.63) is 0 Å². The zero-order valence-corrected chi connectivity index (χ0v) is 12.9. The molecule has 0 aliphatic carbocycles. The standard InChI is InChI=1S/C15H30N2O2/c1-12(2)8-15(3,4)11-16-14(19)17-7-5-6-13(9-17)10-18/h12-13,18H,5-11H2,1-4H3,(H,16,19). The summed E-state index contributed by atoms with van der Waals surface area (Å²) in [5, 5.41) is 12.2. The van der Waals surface area contributed by atoms with Crippen molar-refractivity contribution in [1.29, 1.82) is 0 Å². The molecule has 2 N–H and O–H groups in total. The highest BCUT2D eigenvalue weighted by molar-refractivity contribution is 5.74. The number of rotatable bonds is 5. The summed E-state index contributed by atoms with van der Waals surface area (Å²) in [6, 6.07) is 0.0231. The third kappa shape index (κ3) is 5.81. The van der Waals surface area contributed by atoms with Crippen LogP contribution in [-0.4, -0.2) is 42.3 Å². The molecule has 2 amide bonds. The van der Waals surface area contributed by atoms with Crippen LogP contribution in [0.5, 0.6) is 0 Å². The average Bonchev–Trinajstić information content (AvgIpc) is 2.34. The Kier molecular flexibility index (Phi) is 6.11. The fourth-order valence-corrected chi connectivity index (χ4v) is 3.00. The van der Waals surface area contributed by atoms with Gasteiger partial charge in [-0.3, -0.25) is 0 Å². The molecule has 1 saturated heterocycles. The van der Waals surface area contributed by atoms with Gasteiger partial charge in [0.15, 0.2) is 0 Å². The topological polar surface area (TPSA) is 52.6 Å². The molecule has 1 fully saturated rings. The number of hydrogen-bond acceptors (Lipinski definition) is 2. The summed E-state index contributed by atoms with van der Waals surface area (Å²) < 4.78 is 0. The SMILES string of the molecule is CC(C)CC(C)(C)CNC(=O)N1CCCC(CO)C1. The lowest BCUT2D eigenvalue weighted by atomic mass is 9.84. The Morgan fingerprint density at radius 3 is 2.74 bits per heavy atom. The summed E-state index contributed by atoms with van der Waals surface area (Å²) in [6.45, 7) is 11.2. The molecule has 1 aliphatic heterocycles. The Labute approximate surface area is 117 Å². The minimum atomic E-state index is 0.0231. The second kappa shape index (κ2) is 7.13. The molecule has 0 saturated carbocycles. The van der Waals surface area contributed by atoms with Crippen molar-refractivity contribution in [1.82, 2.24) is 10.2 Å². The van der Waals surface area contributed by atoms with Gasteiger partial charge >= 0.3 is 6.03 Å². The molecule has 1 atom stereocenters. The van der Waals surface area contributed by atoms with Gasteiger partial charge in [0.2, 0.25) is 0 Å². The number of amides is 2. The van der Waals surface area contributed by atoms with Gasteiger partial charge in [0.1, 0.15) is 0 Å². The molecule has 0 bridgehead atoms. The monoisotopic (exact) mass is 270 g/mol. The zero-order valence-electron chi connectivity index (χ0n) is 12.9. The largest absolute Gasteiger partial charge is 0.396 e. The first-order valence-electron chi connectivity index (χ1n) is 7.47. The van der Waals surface area contributed by atoms with E-state index in [1.807, 2.05) is 4.90 Å². The quantitative estimate of drug-likeness (QED) is 0.806. The summed E-state index contributed by atoms with van der Waals surface area (Å²) in [4.78, 5) is 14.0. The molecule has 0 spiro atoms. The van der Waals surface area contributed by atoms with Gasteiger partial charge in [0, 0.05) is 26.2 Å². The van der Waals surface area contributed by atoms with Crippen LogP contribution in [0.3, 0.4) is 0 Å². The summed E-state index contributed by atoms with van der Waals surface area (Å²) in [7, 11) is 0. The van der Waals surface area contributed by atoms with E-state index < -0.39 is 0 Å². The van der Waals surface area contributed by atoms with Crippen LogP contribution in [0.25, 0.3) is 0 Å². The van der Waals surface area contributed by atoms with Gasteiger partial charge in [-0.1, -0.05) is 27.7 Å². The molecule has 1 unspecified atom stereocenters. The van der Waals surface area contributed by atoms with E-state index in [1.54, 1.807) is 0 Å². The molecule has 1 rings (SSSR count). The van der Waals surface area contributed by atoms with Crippen LogP contribution in [0.2, 0.25) is 0 Å². The van der Waals surface area contributed by atoms with Crippen molar-refractivity contribution < 1.29 is 9.90 Å². The number of nitrogens with one attached hydrogen (secondary N) is 1. The highest BCUT2D eigenvalue weighted by Gasteiger charge is 2.25. The molecular formula is C15H30N2O2. The van der Waals surface area contributed by atoms with Crippen molar-refractivity contribution in [2.24, 2.45) is 17.3 Å². The lowest BCUT2D eigenvalue weighted by Crippen LogP contribution is -2.48. The minimum absolute atomic E-state index is 0.0231. The van der Waals surface area contributed by atoms with Gasteiger partial charge in [0.25, 0.3) is 0 Å². The number of carbonyl (C=O) groups excluding carboxylic acids is 1. The molecule has 112 valence electrons. The van der Waals surface area contributed by atoms with Crippen molar-refractivity contribution in [2.45, 2.75) is 47.0 Å². The van der Waals surface area contributed by atoms with Gasteiger partial charge in [-0.15, -0.1) is 0 Å². The molecule has 0 radical (unpaired) electrons. The van der Waals surface area contributed by atoms with Crippen LogP contribution in [0.1, 0.15) is 47.0 Å². The number of urea groups is 1. The maximum Gasteiger partial charge on any atom is 0.317 e. The fraction of sp³-hybridized carbons (Fsp3) is 0.933. The molecule has 4 nitrogen and oxygen atoms in total. The molecule has 0 aromatic rings. The van der Waals surface area contributed by atoms with Crippen LogP contribution < -0.4 is 5.32 Å². The normalized spacial score (nSPS) is 20.7. The highest BCUT2D eigenvalue weighted by atomic mass is 16.3. The van der Waals surface area contributed by atoms with Gasteiger partial charge in [-0.05, 0) is 36.5 Å². The summed E-state index contributed by atoms with van der Waals surface area (Å²) in [5.41, 5.74) is 0.135. The Morgan fingerprint density at radius 2 is 2.16 bits per heavy atom. The number of aliphatic hydroxyl groups excluding tert-OH is 1.